The standard InChI is InChI=1S/C15H15N3O2/c1-9-5-10(2)7-12(6-9)18-15(20)11-3-4-13(14(16)19)17-8-11/h3-8H,1-2H3,(H2,16,19)(H,18,20). The number of nitrogens with two attached hydrogens (primary N) is 1. The predicted octanol–water partition coefficient (Wildman–Crippen LogP) is 2.05. The van der Waals surface area contributed by atoms with Crippen LogP contribution in [0.25, 0.3) is 0 Å². The van der Waals surface area contributed by atoms with Gasteiger partial charge in [0.25, 0.3) is 11.8 Å². The average Bonchev–Trinajstić information content (AvgIpc) is 2.37. The molecule has 0 radical (unpaired) electrons. The highest BCUT2D eigenvalue weighted by Gasteiger charge is 2.09. The molecule has 2 rings (SSSR count). The molecule has 5 nitrogen and oxygen atoms in total. The molecule has 0 spiro atoms. The highest BCUT2D eigenvalue weighted by Crippen LogP contribution is 2.14. The van der Waals surface area contributed by atoms with Crippen LogP contribution in [0.4, 0.5) is 5.69 Å². The van der Waals surface area contributed by atoms with Gasteiger partial charge in [0.1, 0.15) is 5.69 Å². The molecule has 0 fully saturated rings. The molecule has 0 atom stereocenters. The van der Waals surface area contributed by atoms with Crippen molar-refractivity contribution in [2.45, 2.75) is 13.8 Å². The monoisotopic (exact) mass is 269 g/mol. The number of anilines is 1. The summed E-state index contributed by atoms with van der Waals surface area (Å²) in [4.78, 5) is 26.8. The molecule has 0 saturated carbocycles. The van der Waals surface area contributed by atoms with E-state index in [1.165, 1.54) is 18.3 Å². The summed E-state index contributed by atoms with van der Waals surface area (Å²) in [5, 5.41) is 2.79. The van der Waals surface area contributed by atoms with Crippen LogP contribution in [-0.2, 0) is 0 Å². The summed E-state index contributed by atoms with van der Waals surface area (Å²) >= 11 is 0. The van der Waals surface area contributed by atoms with Crippen LogP contribution >= 0.6 is 0 Å². The van der Waals surface area contributed by atoms with Crippen molar-refractivity contribution in [1.29, 1.82) is 0 Å². The molecule has 0 aliphatic carbocycles. The van der Waals surface area contributed by atoms with Crippen molar-refractivity contribution < 1.29 is 9.59 Å². The minimum absolute atomic E-state index is 0.132. The Morgan fingerprint density at radius 3 is 2.25 bits per heavy atom. The van der Waals surface area contributed by atoms with Gasteiger partial charge in [0.2, 0.25) is 0 Å². The van der Waals surface area contributed by atoms with Crippen LogP contribution in [0.3, 0.4) is 0 Å². The number of nitrogens with one attached hydrogen (secondary N) is 1. The van der Waals surface area contributed by atoms with Crippen molar-refractivity contribution in [2.24, 2.45) is 5.73 Å². The average molecular weight is 269 g/mol. The van der Waals surface area contributed by atoms with Gasteiger partial charge in [-0.05, 0) is 49.2 Å². The fourth-order valence-electron chi connectivity index (χ4n) is 1.92. The van der Waals surface area contributed by atoms with Gasteiger partial charge in [-0.3, -0.25) is 14.6 Å². The third-order valence-electron chi connectivity index (χ3n) is 2.76. The lowest BCUT2D eigenvalue weighted by atomic mass is 10.1. The van der Waals surface area contributed by atoms with Gasteiger partial charge in [-0.25, -0.2) is 0 Å². The Morgan fingerprint density at radius 2 is 1.75 bits per heavy atom. The molecule has 5 heteroatoms. The summed E-state index contributed by atoms with van der Waals surface area (Å²) in [6.07, 6.45) is 1.33. The van der Waals surface area contributed by atoms with E-state index in [4.69, 9.17) is 5.73 Å². The number of carbonyl (C=O) groups is 2. The van der Waals surface area contributed by atoms with Crippen LogP contribution < -0.4 is 11.1 Å². The largest absolute Gasteiger partial charge is 0.364 e. The summed E-state index contributed by atoms with van der Waals surface area (Å²) < 4.78 is 0. The molecule has 3 N–H and O–H groups in total. The highest BCUT2D eigenvalue weighted by molar-refractivity contribution is 6.04. The van der Waals surface area contributed by atoms with Crippen LogP contribution in [0.5, 0.6) is 0 Å². The summed E-state index contributed by atoms with van der Waals surface area (Å²) in [5.74, 6) is -0.898. The van der Waals surface area contributed by atoms with Crippen LogP contribution in [0.2, 0.25) is 0 Å². The number of aryl methyl sites for hydroxylation is 2. The molecule has 102 valence electrons. The van der Waals surface area contributed by atoms with Gasteiger partial charge >= 0.3 is 0 Å². The van der Waals surface area contributed by atoms with E-state index in [1.807, 2.05) is 32.0 Å². The maximum absolute atomic E-state index is 12.1. The second-order valence-electron chi connectivity index (χ2n) is 4.63. The molecule has 0 saturated heterocycles. The van der Waals surface area contributed by atoms with Gasteiger partial charge in [0.05, 0.1) is 5.56 Å². The van der Waals surface area contributed by atoms with Crippen molar-refractivity contribution in [3.8, 4) is 0 Å². The van der Waals surface area contributed by atoms with Crippen molar-refractivity contribution in [1.82, 2.24) is 4.98 Å². The fourth-order valence-corrected chi connectivity index (χ4v) is 1.92. The lowest BCUT2D eigenvalue weighted by Crippen LogP contribution is -2.16. The predicted molar refractivity (Wildman–Crippen MR) is 76.6 cm³/mol. The number of carbonyl (C=O) groups excluding carboxylic acids is 2. The van der Waals surface area contributed by atoms with Crippen LogP contribution in [-0.4, -0.2) is 16.8 Å². The Morgan fingerprint density at radius 1 is 1.10 bits per heavy atom. The Hall–Kier alpha value is -2.69. The molecule has 1 heterocycles. The number of aromatic nitrogens is 1. The van der Waals surface area contributed by atoms with E-state index in [1.54, 1.807) is 0 Å². The van der Waals surface area contributed by atoms with Crippen molar-refractivity contribution >= 4 is 17.5 Å². The number of pyridine rings is 1. The molecule has 1 aromatic carbocycles. The van der Waals surface area contributed by atoms with E-state index >= 15 is 0 Å². The maximum Gasteiger partial charge on any atom is 0.267 e. The fraction of sp³-hybridized carbons (Fsp3) is 0.133. The van der Waals surface area contributed by atoms with E-state index in [-0.39, 0.29) is 11.6 Å². The van der Waals surface area contributed by atoms with Gasteiger partial charge in [0.15, 0.2) is 0 Å². The number of primary amides is 1. The van der Waals surface area contributed by atoms with Crippen molar-refractivity contribution in [3.05, 3.63) is 58.9 Å². The number of hydrogen-bond acceptors (Lipinski definition) is 3. The number of nitrogens with zero attached hydrogens (tertiary/aromatic N) is 1. The highest BCUT2D eigenvalue weighted by atomic mass is 16.2. The van der Waals surface area contributed by atoms with Gasteiger partial charge in [-0.2, -0.15) is 0 Å². The minimum atomic E-state index is -0.619. The van der Waals surface area contributed by atoms with Gasteiger partial charge < -0.3 is 11.1 Å². The molecule has 20 heavy (non-hydrogen) atoms. The number of amides is 2. The van der Waals surface area contributed by atoms with Crippen LogP contribution in [0, 0.1) is 13.8 Å². The molecule has 2 aromatic rings. The first kappa shape index (κ1) is 13.7. The topological polar surface area (TPSA) is 85.1 Å². The molecule has 0 bridgehead atoms. The van der Waals surface area contributed by atoms with E-state index in [0.717, 1.165) is 16.8 Å². The maximum atomic E-state index is 12.1. The van der Waals surface area contributed by atoms with E-state index < -0.39 is 5.91 Å². The van der Waals surface area contributed by atoms with E-state index in [9.17, 15) is 9.59 Å². The summed E-state index contributed by atoms with van der Waals surface area (Å²) in [7, 11) is 0. The number of rotatable bonds is 3. The molecular formula is C15H15N3O2. The molecule has 0 aliphatic rings. The van der Waals surface area contributed by atoms with Crippen molar-refractivity contribution in [3.63, 3.8) is 0 Å². The van der Waals surface area contributed by atoms with Gasteiger partial charge in [-0.1, -0.05) is 6.07 Å². The first-order chi connectivity index (χ1) is 9.45. The summed E-state index contributed by atoms with van der Waals surface area (Å²) in [6.45, 7) is 3.93. The Labute approximate surface area is 116 Å². The molecule has 2 amide bonds. The smallest absolute Gasteiger partial charge is 0.267 e. The van der Waals surface area contributed by atoms with Crippen molar-refractivity contribution in [2.75, 3.05) is 5.32 Å². The SMILES string of the molecule is Cc1cc(C)cc(NC(=O)c2ccc(C(N)=O)nc2)c1. The second-order valence-corrected chi connectivity index (χ2v) is 4.63. The third-order valence-corrected chi connectivity index (χ3v) is 2.76. The number of hydrogen-bond donors (Lipinski definition) is 2. The summed E-state index contributed by atoms with van der Waals surface area (Å²) in [5.41, 5.74) is 8.47. The third kappa shape index (κ3) is 3.20. The molecular weight excluding hydrogens is 254 g/mol. The van der Waals surface area contributed by atoms with Crippen LogP contribution in [0.15, 0.2) is 36.5 Å². The lowest BCUT2D eigenvalue weighted by Gasteiger charge is -2.07. The Bertz CT molecular complexity index is 643. The zero-order valence-corrected chi connectivity index (χ0v) is 11.3. The normalized spacial score (nSPS) is 10.1. The molecule has 0 aliphatic heterocycles. The first-order valence-corrected chi connectivity index (χ1v) is 6.11. The number of benzene rings is 1. The zero-order valence-electron chi connectivity index (χ0n) is 11.3. The van der Waals surface area contributed by atoms with Gasteiger partial charge in [-0.15, -0.1) is 0 Å². The Kier molecular flexibility index (Phi) is 3.79. The van der Waals surface area contributed by atoms with Gasteiger partial charge in [0, 0.05) is 11.9 Å². The molecule has 1 aromatic heterocycles. The second kappa shape index (κ2) is 5.52. The quantitative estimate of drug-likeness (QED) is 0.894. The zero-order chi connectivity index (χ0) is 14.7. The first-order valence-electron chi connectivity index (χ1n) is 6.11. The minimum Gasteiger partial charge on any atom is -0.364 e. The summed E-state index contributed by atoms with van der Waals surface area (Å²) in [6, 6.07) is 8.74. The van der Waals surface area contributed by atoms with E-state index in [2.05, 4.69) is 10.3 Å². The lowest BCUT2D eigenvalue weighted by molar-refractivity contribution is 0.0990. The van der Waals surface area contributed by atoms with Crippen LogP contribution in [0.1, 0.15) is 32.0 Å². The van der Waals surface area contributed by atoms with E-state index in [0.29, 0.717) is 5.56 Å². The Balaban J connectivity index is 2.17. The molecule has 0 unspecified atom stereocenters.